The second kappa shape index (κ2) is 4.93. The van der Waals surface area contributed by atoms with Crippen molar-refractivity contribution >= 4 is 5.91 Å². The predicted octanol–water partition coefficient (Wildman–Crippen LogP) is 3.66. The number of furan rings is 1. The van der Waals surface area contributed by atoms with Crippen LogP contribution >= 0.6 is 0 Å². The first-order valence-corrected chi connectivity index (χ1v) is 7.13. The third kappa shape index (κ3) is 2.30. The molecule has 1 aromatic carbocycles. The molecule has 2 aromatic rings. The van der Waals surface area contributed by atoms with Crippen LogP contribution in [0.3, 0.4) is 0 Å². The average Bonchev–Trinajstić information content (AvgIpc) is 2.81. The lowest BCUT2D eigenvalue weighted by Gasteiger charge is -2.22. The number of nitrogens with one attached hydrogen (secondary N) is 1. The molecule has 1 aromatic heterocycles. The molecule has 1 unspecified atom stereocenters. The van der Waals surface area contributed by atoms with Gasteiger partial charge in [0, 0.05) is 18.0 Å². The van der Waals surface area contributed by atoms with Gasteiger partial charge in [-0.1, -0.05) is 19.9 Å². The quantitative estimate of drug-likeness (QED) is 0.936. The van der Waals surface area contributed by atoms with Crippen molar-refractivity contribution in [2.45, 2.75) is 25.7 Å². The molecule has 1 saturated carbocycles. The van der Waals surface area contributed by atoms with Crippen molar-refractivity contribution in [3.8, 4) is 0 Å². The summed E-state index contributed by atoms with van der Waals surface area (Å²) in [6, 6.07) is 6.81. The maximum absolute atomic E-state index is 14.2. The molecule has 1 amide bonds. The van der Waals surface area contributed by atoms with Crippen LogP contribution in [-0.4, -0.2) is 12.5 Å². The number of carbonyl (C=O) groups is 1. The molecule has 1 N–H and O–H groups in total. The molecule has 1 atom stereocenters. The van der Waals surface area contributed by atoms with Gasteiger partial charge >= 0.3 is 0 Å². The van der Waals surface area contributed by atoms with Crippen LogP contribution in [-0.2, 0) is 5.41 Å². The van der Waals surface area contributed by atoms with Crippen molar-refractivity contribution < 1.29 is 18.0 Å². The number of hydrogen-bond acceptors (Lipinski definition) is 2. The molecule has 0 bridgehead atoms. The minimum Gasteiger partial charge on any atom is -0.459 e. The molecule has 116 valence electrons. The summed E-state index contributed by atoms with van der Waals surface area (Å²) in [6.07, 6.45) is 2.15. The van der Waals surface area contributed by atoms with Gasteiger partial charge in [-0.05, 0) is 35.6 Å². The fourth-order valence-electron chi connectivity index (χ4n) is 3.17. The second-order valence-corrected chi connectivity index (χ2v) is 6.43. The van der Waals surface area contributed by atoms with Crippen LogP contribution < -0.4 is 5.32 Å². The van der Waals surface area contributed by atoms with Crippen molar-refractivity contribution in [1.82, 2.24) is 5.32 Å². The molecule has 1 aliphatic carbocycles. The first-order chi connectivity index (χ1) is 10.4. The van der Waals surface area contributed by atoms with Crippen molar-refractivity contribution in [1.29, 1.82) is 0 Å². The third-order valence-electron chi connectivity index (χ3n) is 4.66. The van der Waals surface area contributed by atoms with Crippen LogP contribution in [0, 0.1) is 17.0 Å². The topological polar surface area (TPSA) is 42.2 Å². The Balaban J connectivity index is 1.83. The van der Waals surface area contributed by atoms with Gasteiger partial charge in [0.25, 0.3) is 5.91 Å². The molecule has 0 radical (unpaired) electrons. The van der Waals surface area contributed by atoms with Crippen LogP contribution in [0.15, 0.2) is 41.0 Å². The van der Waals surface area contributed by atoms with E-state index in [9.17, 15) is 13.6 Å². The Labute approximate surface area is 127 Å². The molecule has 0 aliphatic heterocycles. The maximum atomic E-state index is 14.2. The van der Waals surface area contributed by atoms with E-state index in [4.69, 9.17) is 4.42 Å². The summed E-state index contributed by atoms with van der Waals surface area (Å²) in [5.41, 5.74) is -0.242. The van der Waals surface area contributed by atoms with Gasteiger partial charge in [-0.2, -0.15) is 0 Å². The van der Waals surface area contributed by atoms with E-state index in [-0.39, 0.29) is 23.6 Å². The number of halogens is 2. The molecule has 3 nitrogen and oxygen atoms in total. The van der Waals surface area contributed by atoms with Gasteiger partial charge in [-0.3, -0.25) is 4.79 Å². The maximum Gasteiger partial charge on any atom is 0.287 e. The normalized spacial score (nSPS) is 22.4. The van der Waals surface area contributed by atoms with Crippen molar-refractivity contribution in [2.75, 3.05) is 6.54 Å². The summed E-state index contributed by atoms with van der Waals surface area (Å²) < 4.78 is 32.3. The summed E-state index contributed by atoms with van der Waals surface area (Å²) in [6.45, 7) is 4.30. The highest BCUT2D eigenvalue weighted by molar-refractivity contribution is 5.91. The molecular formula is C17H17F2NO2. The minimum atomic E-state index is -0.602. The Kier molecular flexibility index (Phi) is 3.31. The van der Waals surface area contributed by atoms with E-state index in [2.05, 4.69) is 5.32 Å². The first-order valence-electron chi connectivity index (χ1n) is 7.13. The Morgan fingerprint density at radius 1 is 1.32 bits per heavy atom. The Morgan fingerprint density at radius 3 is 2.59 bits per heavy atom. The molecule has 5 heteroatoms. The minimum absolute atomic E-state index is 0.165. The monoisotopic (exact) mass is 305 g/mol. The van der Waals surface area contributed by atoms with Crippen molar-refractivity contribution in [3.63, 3.8) is 0 Å². The molecule has 1 aliphatic rings. The highest BCUT2D eigenvalue weighted by atomic mass is 19.1. The van der Waals surface area contributed by atoms with E-state index in [1.165, 1.54) is 18.4 Å². The summed E-state index contributed by atoms with van der Waals surface area (Å²) >= 11 is 0. The number of rotatable bonds is 4. The van der Waals surface area contributed by atoms with E-state index >= 15 is 0 Å². The first kappa shape index (κ1) is 14.8. The Hall–Kier alpha value is -2.17. The van der Waals surface area contributed by atoms with E-state index in [1.807, 2.05) is 13.8 Å². The van der Waals surface area contributed by atoms with Gasteiger partial charge < -0.3 is 9.73 Å². The lowest BCUT2D eigenvalue weighted by atomic mass is 9.87. The Morgan fingerprint density at radius 2 is 2.05 bits per heavy atom. The largest absolute Gasteiger partial charge is 0.459 e. The van der Waals surface area contributed by atoms with Crippen molar-refractivity contribution in [3.05, 3.63) is 59.6 Å². The SMILES string of the molecule is CC1(C)CC1(CNC(=O)c1ccco1)c1ccc(F)cc1F. The van der Waals surface area contributed by atoms with E-state index < -0.39 is 17.0 Å². The second-order valence-electron chi connectivity index (χ2n) is 6.43. The average molecular weight is 305 g/mol. The van der Waals surface area contributed by atoms with Crippen LogP contribution in [0.5, 0.6) is 0 Å². The molecule has 1 fully saturated rings. The number of benzene rings is 1. The van der Waals surface area contributed by atoms with E-state index in [1.54, 1.807) is 12.1 Å². The van der Waals surface area contributed by atoms with Gasteiger partial charge in [-0.25, -0.2) is 8.78 Å². The smallest absolute Gasteiger partial charge is 0.287 e. The Bertz CT molecular complexity index is 709. The van der Waals surface area contributed by atoms with Gasteiger partial charge in [0.1, 0.15) is 11.6 Å². The highest BCUT2D eigenvalue weighted by Gasteiger charge is 2.62. The molecule has 3 rings (SSSR count). The van der Waals surface area contributed by atoms with Gasteiger partial charge in [0.15, 0.2) is 5.76 Å². The lowest BCUT2D eigenvalue weighted by molar-refractivity contribution is 0.0920. The zero-order valence-corrected chi connectivity index (χ0v) is 12.5. The van der Waals surface area contributed by atoms with Crippen LogP contribution in [0.1, 0.15) is 36.4 Å². The van der Waals surface area contributed by atoms with Crippen LogP contribution in [0.4, 0.5) is 8.78 Å². The van der Waals surface area contributed by atoms with E-state index in [0.717, 1.165) is 12.5 Å². The zero-order chi connectivity index (χ0) is 16.0. The predicted molar refractivity (Wildman–Crippen MR) is 77.5 cm³/mol. The molecule has 22 heavy (non-hydrogen) atoms. The summed E-state index contributed by atoms with van der Waals surface area (Å²) in [5, 5.41) is 2.79. The molecule has 1 heterocycles. The van der Waals surface area contributed by atoms with Gasteiger partial charge in [0.05, 0.1) is 6.26 Å². The summed E-state index contributed by atoms with van der Waals surface area (Å²) in [5.74, 6) is -1.30. The fourth-order valence-corrected chi connectivity index (χ4v) is 3.17. The van der Waals surface area contributed by atoms with Gasteiger partial charge in [-0.15, -0.1) is 0 Å². The molecular weight excluding hydrogens is 288 g/mol. The van der Waals surface area contributed by atoms with Crippen LogP contribution in [0.2, 0.25) is 0 Å². The van der Waals surface area contributed by atoms with Crippen molar-refractivity contribution in [2.24, 2.45) is 5.41 Å². The van der Waals surface area contributed by atoms with Crippen LogP contribution in [0.25, 0.3) is 0 Å². The fraction of sp³-hybridized carbons (Fsp3) is 0.353. The van der Waals surface area contributed by atoms with E-state index in [0.29, 0.717) is 5.56 Å². The zero-order valence-electron chi connectivity index (χ0n) is 12.5. The summed E-state index contributed by atoms with van der Waals surface area (Å²) in [7, 11) is 0. The highest BCUT2D eigenvalue weighted by Crippen LogP contribution is 2.64. The third-order valence-corrected chi connectivity index (χ3v) is 4.66. The number of hydrogen-bond donors (Lipinski definition) is 1. The van der Waals surface area contributed by atoms with Gasteiger partial charge in [0.2, 0.25) is 0 Å². The number of amides is 1. The standard InChI is InChI=1S/C17H17F2NO2/c1-16(2)9-17(16,12-6-5-11(18)8-13(12)19)10-20-15(21)14-4-3-7-22-14/h3-8H,9-10H2,1-2H3,(H,20,21). The molecule has 0 saturated heterocycles. The lowest BCUT2D eigenvalue weighted by Crippen LogP contribution is -2.35. The summed E-state index contributed by atoms with van der Waals surface area (Å²) in [4.78, 5) is 12.0. The number of carbonyl (C=O) groups excluding carboxylic acids is 1. The molecule has 0 spiro atoms.